The maximum absolute atomic E-state index is 14.2. The Morgan fingerprint density at radius 1 is 1.06 bits per heavy atom. The summed E-state index contributed by atoms with van der Waals surface area (Å²) in [6.07, 6.45) is 2.29. The molecule has 1 fully saturated rings. The third kappa shape index (κ3) is 5.67. The van der Waals surface area contributed by atoms with Crippen LogP contribution in [0.15, 0.2) is 54.7 Å². The molecule has 0 atom stereocenters. The molecule has 1 N–H and O–H groups in total. The highest BCUT2D eigenvalue weighted by Crippen LogP contribution is 2.33. The first-order valence-electron chi connectivity index (χ1n) is 11.5. The Morgan fingerprint density at radius 3 is 2.37 bits per heavy atom. The second-order valence-corrected chi connectivity index (χ2v) is 9.51. The predicted octanol–water partition coefficient (Wildman–Crippen LogP) is 5.52. The van der Waals surface area contributed by atoms with E-state index in [-0.39, 0.29) is 17.7 Å². The third-order valence-electron chi connectivity index (χ3n) is 5.76. The molecule has 4 rings (SSSR count). The lowest BCUT2D eigenvalue weighted by Crippen LogP contribution is -2.41. The van der Waals surface area contributed by atoms with Gasteiger partial charge in [0.05, 0.1) is 28.8 Å². The summed E-state index contributed by atoms with van der Waals surface area (Å²) in [6, 6.07) is 12.4. The van der Waals surface area contributed by atoms with Gasteiger partial charge in [0.2, 0.25) is 0 Å². The average molecular weight is 483 g/mol. The van der Waals surface area contributed by atoms with Gasteiger partial charge >= 0.3 is 6.09 Å². The molecule has 1 aromatic heterocycles. The van der Waals surface area contributed by atoms with Gasteiger partial charge in [0.1, 0.15) is 17.2 Å². The number of carbonyl (C=O) groups is 2. The minimum Gasteiger partial charge on any atom is -0.444 e. The van der Waals surface area contributed by atoms with E-state index in [4.69, 9.17) is 4.74 Å². The number of carbonyl (C=O) groups excluding carboxylic acids is 2. The SMILES string of the molecule is CC(C)(C)OC(=O)N1CCC(c2c(C(=O)Nc3ccc(F)cc3F)cnn2-c2ccccc2)CC1. The van der Waals surface area contributed by atoms with Gasteiger partial charge in [0.15, 0.2) is 0 Å². The van der Waals surface area contributed by atoms with E-state index in [0.717, 1.165) is 17.8 Å². The number of hydrogen-bond donors (Lipinski definition) is 1. The largest absolute Gasteiger partial charge is 0.444 e. The third-order valence-corrected chi connectivity index (χ3v) is 5.76. The van der Waals surface area contributed by atoms with Gasteiger partial charge < -0.3 is 15.0 Å². The molecule has 1 aliphatic heterocycles. The van der Waals surface area contributed by atoms with Crippen molar-refractivity contribution in [2.45, 2.75) is 45.1 Å². The van der Waals surface area contributed by atoms with Crippen LogP contribution < -0.4 is 5.32 Å². The summed E-state index contributed by atoms with van der Waals surface area (Å²) in [5, 5.41) is 6.99. The van der Waals surface area contributed by atoms with E-state index in [2.05, 4.69) is 10.4 Å². The zero-order valence-electron chi connectivity index (χ0n) is 19.9. The van der Waals surface area contributed by atoms with Crippen LogP contribution in [0.25, 0.3) is 5.69 Å². The van der Waals surface area contributed by atoms with Crippen LogP contribution in [-0.2, 0) is 4.74 Å². The number of benzene rings is 2. The maximum atomic E-state index is 14.2. The molecule has 35 heavy (non-hydrogen) atoms. The Hall–Kier alpha value is -3.75. The number of nitrogens with zero attached hydrogens (tertiary/aromatic N) is 3. The molecule has 2 heterocycles. The smallest absolute Gasteiger partial charge is 0.410 e. The number of para-hydroxylation sites is 1. The Morgan fingerprint density at radius 2 is 1.74 bits per heavy atom. The number of ether oxygens (including phenoxy) is 1. The minimum absolute atomic E-state index is 0.0739. The molecule has 0 spiro atoms. The molecule has 9 heteroatoms. The van der Waals surface area contributed by atoms with E-state index in [1.54, 1.807) is 9.58 Å². The second kappa shape index (κ2) is 9.85. The first-order chi connectivity index (χ1) is 16.6. The monoisotopic (exact) mass is 482 g/mol. The fourth-order valence-corrected chi connectivity index (χ4v) is 4.14. The van der Waals surface area contributed by atoms with Crippen LogP contribution in [0.4, 0.5) is 19.3 Å². The molecule has 0 radical (unpaired) electrons. The van der Waals surface area contributed by atoms with Crippen molar-refractivity contribution in [2.24, 2.45) is 0 Å². The van der Waals surface area contributed by atoms with Crippen molar-refractivity contribution >= 4 is 17.7 Å². The molecular weight excluding hydrogens is 454 g/mol. The Labute approximate surface area is 202 Å². The van der Waals surface area contributed by atoms with Crippen molar-refractivity contribution in [3.8, 4) is 5.69 Å². The lowest BCUT2D eigenvalue weighted by Gasteiger charge is -2.34. The highest BCUT2D eigenvalue weighted by Gasteiger charge is 2.32. The van der Waals surface area contributed by atoms with Crippen molar-refractivity contribution in [2.75, 3.05) is 18.4 Å². The van der Waals surface area contributed by atoms with E-state index < -0.39 is 23.1 Å². The number of likely N-dealkylation sites (tertiary alicyclic amines) is 1. The molecule has 0 bridgehead atoms. The molecular formula is C26H28F2N4O3. The van der Waals surface area contributed by atoms with Crippen LogP contribution in [0.2, 0.25) is 0 Å². The van der Waals surface area contributed by atoms with Crippen LogP contribution in [0.1, 0.15) is 55.6 Å². The number of nitrogens with one attached hydrogen (secondary N) is 1. The first kappa shape index (κ1) is 24.4. The summed E-state index contributed by atoms with van der Waals surface area (Å²) in [5.41, 5.74) is 1.06. The zero-order chi connectivity index (χ0) is 25.2. The molecule has 3 aromatic rings. The number of anilines is 1. The molecule has 2 amide bonds. The molecule has 1 aliphatic rings. The molecule has 0 saturated carbocycles. The van der Waals surface area contributed by atoms with E-state index in [1.165, 1.54) is 12.3 Å². The van der Waals surface area contributed by atoms with Gasteiger partial charge in [0.25, 0.3) is 5.91 Å². The van der Waals surface area contributed by atoms with Crippen molar-refractivity contribution in [3.05, 3.63) is 77.6 Å². The van der Waals surface area contributed by atoms with E-state index in [1.807, 2.05) is 51.1 Å². The zero-order valence-corrected chi connectivity index (χ0v) is 19.9. The first-order valence-corrected chi connectivity index (χ1v) is 11.5. The van der Waals surface area contributed by atoms with E-state index in [9.17, 15) is 18.4 Å². The van der Waals surface area contributed by atoms with Crippen molar-refractivity contribution < 1.29 is 23.1 Å². The van der Waals surface area contributed by atoms with Gasteiger partial charge in [-0.1, -0.05) is 18.2 Å². The van der Waals surface area contributed by atoms with Crippen LogP contribution in [0, 0.1) is 11.6 Å². The number of amides is 2. The van der Waals surface area contributed by atoms with Crippen molar-refractivity contribution in [1.29, 1.82) is 0 Å². The quantitative estimate of drug-likeness (QED) is 0.532. The summed E-state index contributed by atoms with van der Waals surface area (Å²) in [6.45, 7) is 6.40. The summed E-state index contributed by atoms with van der Waals surface area (Å²) < 4.78 is 34.6. The summed E-state index contributed by atoms with van der Waals surface area (Å²) in [5.74, 6) is -2.20. The van der Waals surface area contributed by atoms with Gasteiger partial charge in [-0.3, -0.25) is 4.79 Å². The molecule has 2 aromatic carbocycles. The summed E-state index contributed by atoms with van der Waals surface area (Å²) in [4.78, 5) is 27.3. The van der Waals surface area contributed by atoms with Crippen molar-refractivity contribution in [3.63, 3.8) is 0 Å². The average Bonchev–Trinajstić information content (AvgIpc) is 3.26. The number of halogens is 2. The van der Waals surface area contributed by atoms with Gasteiger partial charge in [-0.25, -0.2) is 18.3 Å². The number of hydrogen-bond acceptors (Lipinski definition) is 4. The fraction of sp³-hybridized carbons (Fsp3) is 0.346. The standard InChI is InChI=1S/C26H28F2N4O3/c1-26(2,3)35-25(34)31-13-11-17(12-14-31)23-20(16-29-32(23)19-7-5-4-6-8-19)24(33)30-22-10-9-18(27)15-21(22)28/h4-10,15-17H,11-14H2,1-3H3,(H,30,33). The summed E-state index contributed by atoms with van der Waals surface area (Å²) in [7, 11) is 0. The van der Waals surface area contributed by atoms with Gasteiger partial charge in [-0.15, -0.1) is 0 Å². The van der Waals surface area contributed by atoms with Crippen LogP contribution in [0.5, 0.6) is 0 Å². The highest BCUT2D eigenvalue weighted by molar-refractivity contribution is 6.05. The van der Waals surface area contributed by atoms with E-state index >= 15 is 0 Å². The minimum atomic E-state index is -0.860. The fourth-order valence-electron chi connectivity index (χ4n) is 4.14. The Kier molecular flexibility index (Phi) is 6.86. The van der Waals surface area contributed by atoms with Gasteiger partial charge in [-0.05, 0) is 57.9 Å². The van der Waals surface area contributed by atoms with Crippen LogP contribution in [0.3, 0.4) is 0 Å². The van der Waals surface area contributed by atoms with Crippen molar-refractivity contribution in [1.82, 2.24) is 14.7 Å². The maximum Gasteiger partial charge on any atom is 0.410 e. The number of rotatable bonds is 4. The second-order valence-electron chi connectivity index (χ2n) is 9.51. The van der Waals surface area contributed by atoms with E-state index in [0.29, 0.717) is 37.2 Å². The summed E-state index contributed by atoms with van der Waals surface area (Å²) >= 11 is 0. The normalized spacial score (nSPS) is 14.6. The molecule has 0 aliphatic carbocycles. The van der Waals surface area contributed by atoms with Gasteiger partial charge in [0, 0.05) is 25.1 Å². The predicted molar refractivity (Wildman–Crippen MR) is 128 cm³/mol. The molecule has 1 saturated heterocycles. The lowest BCUT2D eigenvalue weighted by molar-refractivity contribution is 0.0203. The number of piperidine rings is 1. The lowest BCUT2D eigenvalue weighted by atomic mass is 9.90. The van der Waals surface area contributed by atoms with Crippen LogP contribution >= 0.6 is 0 Å². The number of aromatic nitrogens is 2. The highest BCUT2D eigenvalue weighted by atomic mass is 19.1. The molecule has 184 valence electrons. The Bertz CT molecular complexity index is 1210. The Balaban J connectivity index is 1.61. The topological polar surface area (TPSA) is 76.5 Å². The van der Waals surface area contributed by atoms with Crippen LogP contribution in [-0.4, -0.2) is 45.4 Å². The molecule has 0 unspecified atom stereocenters. The molecule has 7 nitrogen and oxygen atoms in total. The van der Waals surface area contributed by atoms with Gasteiger partial charge in [-0.2, -0.15) is 5.10 Å².